The zero-order valence-corrected chi connectivity index (χ0v) is 11.0. The number of carboxylic acids is 2. The molecule has 3 atom stereocenters. The number of carboxylic acid groups (broad SMARTS) is 2. The molecule has 0 bridgehead atoms. The van der Waals surface area contributed by atoms with Crippen LogP contribution in [-0.2, 0) is 19.1 Å². The third-order valence-electron chi connectivity index (χ3n) is 3.28. The molecule has 0 aromatic heterocycles. The van der Waals surface area contributed by atoms with Crippen molar-refractivity contribution in [1.29, 1.82) is 0 Å². The lowest BCUT2D eigenvalue weighted by molar-refractivity contribution is -0.158. The van der Waals surface area contributed by atoms with E-state index in [0.717, 1.165) is 0 Å². The molecule has 0 saturated carbocycles. The van der Waals surface area contributed by atoms with E-state index in [1.165, 1.54) is 4.90 Å². The predicted octanol–water partition coefficient (Wildman–Crippen LogP) is 0.330. The summed E-state index contributed by atoms with van der Waals surface area (Å²) in [6, 6.07) is -0.226. The van der Waals surface area contributed by atoms with E-state index in [4.69, 9.17) is 14.9 Å². The molecule has 7 heteroatoms. The van der Waals surface area contributed by atoms with Gasteiger partial charge in [-0.2, -0.15) is 0 Å². The van der Waals surface area contributed by atoms with Gasteiger partial charge in [-0.15, -0.1) is 0 Å². The van der Waals surface area contributed by atoms with Crippen LogP contribution in [0.2, 0.25) is 0 Å². The van der Waals surface area contributed by atoms with Crippen molar-refractivity contribution < 1.29 is 29.3 Å². The Kier molecular flexibility index (Phi) is 5.29. The third-order valence-corrected chi connectivity index (χ3v) is 3.28. The van der Waals surface area contributed by atoms with Gasteiger partial charge >= 0.3 is 11.9 Å². The maximum absolute atomic E-state index is 12.2. The molecule has 0 aromatic rings. The van der Waals surface area contributed by atoms with Gasteiger partial charge in [0.25, 0.3) is 5.91 Å². The zero-order chi connectivity index (χ0) is 14.6. The fraction of sp³-hybridized carbons (Fsp3) is 0.750. The lowest BCUT2D eigenvalue weighted by Crippen LogP contribution is -2.47. The first-order chi connectivity index (χ1) is 8.86. The SMILES string of the molecule is CCC(C)N(CC(=O)O)C(=O)[C@@H]1CC[C@H](C(=O)O)O1. The molecule has 19 heavy (non-hydrogen) atoms. The predicted molar refractivity (Wildman–Crippen MR) is 64.6 cm³/mol. The van der Waals surface area contributed by atoms with Gasteiger partial charge in [0.15, 0.2) is 6.10 Å². The fourth-order valence-electron chi connectivity index (χ4n) is 2.00. The van der Waals surface area contributed by atoms with Crippen LogP contribution in [0, 0.1) is 0 Å². The number of rotatable bonds is 6. The Balaban J connectivity index is 2.72. The van der Waals surface area contributed by atoms with E-state index >= 15 is 0 Å². The summed E-state index contributed by atoms with van der Waals surface area (Å²) in [6.07, 6.45) is -0.629. The summed E-state index contributed by atoms with van der Waals surface area (Å²) >= 11 is 0. The molecule has 2 N–H and O–H groups in total. The highest BCUT2D eigenvalue weighted by Crippen LogP contribution is 2.22. The maximum Gasteiger partial charge on any atom is 0.332 e. The van der Waals surface area contributed by atoms with Crippen LogP contribution < -0.4 is 0 Å². The Hall–Kier alpha value is -1.63. The van der Waals surface area contributed by atoms with Crippen molar-refractivity contribution in [3.05, 3.63) is 0 Å². The van der Waals surface area contributed by atoms with E-state index in [-0.39, 0.29) is 12.5 Å². The van der Waals surface area contributed by atoms with Gasteiger partial charge in [0.05, 0.1) is 0 Å². The van der Waals surface area contributed by atoms with Crippen molar-refractivity contribution in [3.63, 3.8) is 0 Å². The molecular weight excluding hydrogens is 254 g/mol. The van der Waals surface area contributed by atoms with Crippen LogP contribution in [0.1, 0.15) is 33.1 Å². The van der Waals surface area contributed by atoms with Crippen LogP contribution >= 0.6 is 0 Å². The number of carbonyl (C=O) groups excluding carboxylic acids is 1. The minimum Gasteiger partial charge on any atom is -0.480 e. The second-order valence-electron chi connectivity index (χ2n) is 4.65. The highest BCUT2D eigenvalue weighted by atomic mass is 16.5. The van der Waals surface area contributed by atoms with E-state index in [0.29, 0.717) is 12.8 Å². The number of nitrogens with zero attached hydrogens (tertiary/aromatic N) is 1. The first-order valence-corrected chi connectivity index (χ1v) is 6.27. The van der Waals surface area contributed by atoms with Gasteiger partial charge in [-0.3, -0.25) is 9.59 Å². The summed E-state index contributed by atoms with van der Waals surface area (Å²) in [5, 5.41) is 17.6. The van der Waals surface area contributed by atoms with Crippen LogP contribution in [0.25, 0.3) is 0 Å². The Morgan fingerprint density at radius 1 is 1.26 bits per heavy atom. The van der Waals surface area contributed by atoms with Crippen molar-refractivity contribution in [1.82, 2.24) is 4.90 Å². The second-order valence-corrected chi connectivity index (χ2v) is 4.65. The topological polar surface area (TPSA) is 104 Å². The minimum atomic E-state index is -1.10. The summed E-state index contributed by atoms with van der Waals surface area (Å²) < 4.78 is 5.16. The number of hydrogen-bond donors (Lipinski definition) is 2. The van der Waals surface area contributed by atoms with Gasteiger partial charge in [-0.25, -0.2) is 4.79 Å². The van der Waals surface area contributed by atoms with Crippen LogP contribution in [0.15, 0.2) is 0 Å². The average molecular weight is 273 g/mol. The zero-order valence-electron chi connectivity index (χ0n) is 11.0. The van der Waals surface area contributed by atoms with Crippen LogP contribution in [-0.4, -0.2) is 57.8 Å². The number of hydrogen-bond acceptors (Lipinski definition) is 4. The molecule has 0 aliphatic carbocycles. The Bertz CT molecular complexity index is 369. The summed E-state index contributed by atoms with van der Waals surface area (Å²) in [7, 11) is 0. The maximum atomic E-state index is 12.2. The Labute approximate surface area is 111 Å². The summed E-state index contributed by atoms with van der Waals surface area (Å²) in [5.74, 6) is -2.63. The first kappa shape index (κ1) is 15.4. The van der Waals surface area contributed by atoms with E-state index < -0.39 is 36.6 Å². The Morgan fingerprint density at radius 3 is 2.26 bits per heavy atom. The molecule has 1 rings (SSSR count). The highest BCUT2D eigenvalue weighted by Gasteiger charge is 2.38. The van der Waals surface area contributed by atoms with Gasteiger partial charge in [-0.1, -0.05) is 6.92 Å². The van der Waals surface area contributed by atoms with Gasteiger partial charge in [0.1, 0.15) is 12.6 Å². The standard InChI is InChI=1S/C12H19NO6/c1-3-7(2)13(6-10(14)15)11(16)8-4-5-9(19-8)12(17)18/h7-9H,3-6H2,1-2H3,(H,14,15)(H,17,18)/t7?,8-,9+/m0/s1. The van der Waals surface area contributed by atoms with Crippen molar-refractivity contribution >= 4 is 17.8 Å². The molecule has 1 unspecified atom stereocenters. The molecule has 108 valence electrons. The first-order valence-electron chi connectivity index (χ1n) is 6.27. The van der Waals surface area contributed by atoms with E-state index in [1.807, 2.05) is 6.92 Å². The summed E-state index contributed by atoms with van der Waals surface area (Å²) in [5.41, 5.74) is 0. The van der Waals surface area contributed by atoms with Crippen LogP contribution in [0.3, 0.4) is 0 Å². The normalized spacial score (nSPS) is 23.9. The second kappa shape index (κ2) is 6.51. The van der Waals surface area contributed by atoms with Crippen LogP contribution in [0.5, 0.6) is 0 Å². The van der Waals surface area contributed by atoms with Crippen LogP contribution in [0.4, 0.5) is 0 Å². The molecule has 0 aromatic carbocycles. The smallest absolute Gasteiger partial charge is 0.332 e. The van der Waals surface area contributed by atoms with Crippen molar-refractivity contribution in [2.75, 3.05) is 6.54 Å². The van der Waals surface area contributed by atoms with E-state index in [2.05, 4.69) is 0 Å². The molecule has 1 aliphatic rings. The van der Waals surface area contributed by atoms with Gasteiger partial charge in [0, 0.05) is 6.04 Å². The quantitative estimate of drug-likeness (QED) is 0.722. The molecular formula is C12H19NO6. The molecule has 1 aliphatic heterocycles. The molecule has 1 heterocycles. The van der Waals surface area contributed by atoms with Gasteiger partial charge < -0.3 is 19.8 Å². The summed E-state index contributed by atoms with van der Waals surface area (Å²) in [6.45, 7) is 3.21. The van der Waals surface area contributed by atoms with Crippen molar-refractivity contribution in [3.8, 4) is 0 Å². The molecule has 1 amide bonds. The minimum absolute atomic E-state index is 0.226. The van der Waals surface area contributed by atoms with Gasteiger partial charge in [-0.05, 0) is 26.2 Å². The van der Waals surface area contributed by atoms with E-state index in [1.54, 1.807) is 6.92 Å². The van der Waals surface area contributed by atoms with Gasteiger partial charge in [0.2, 0.25) is 0 Å². The largest absolute Gasteiger partial charge is 0.480 e. The van der Waals surface area contributed by atoms with Crippen molar-refractivity contribution in [2.24, 2.45) is 0 Å². The lowest BCUT2D eigenvalue weighted by Gasteiger charge is -2.29. The monoisotopic (exact) mass is 273 g/mol. The number of aliphatic carboxylic acids is 2. The number of ether oxygens (including phenoxy) is 1. The fourth-order valence-corrected chi connectivity index (χ4v) is 2.00. The molecule has 7 nitrogen and oxygen atoms in total. The molecule has 1 fully saturated rings. The third kappa shape index (κ3) is 3.92. The Morgan fingerprint density at radius 2 is 1.84 bits per heavy atom. The molecule has 0 radical (unpaired) electrons. The van der Waals surface area contributed by atoms with E-state index in [9.17, 15) is 14.4 Å². The summed E-state index contributed by atoms with van der Waals surface area (Å²) in [4.78, 5) is 35.0. The highest BCUT2D eigenvalue weighted by molar-refractivity contribution is 5.86. The lowest BCUT2D eigenvalue weighted by atomic mass is 10.1. The number of amides is 1. The van der Waals surface area contributed by atoms with Crippen molar-refractivity contribution in [2.45, 2.75) is 51.4 Å². The number of carbonyl (C=O) groups is 3. The molecule has 1 saturated heterocycles. The molecule has 0 spiro atoms. The average Bonchev–Trinajstić information content (AvgIpc) is 2.83.